The summed E-state index contributed by atoms with van der Waals surface area (Å²) >= 11 is 0. The summed E-state index contributed by atoms with van der Waals surface area (Å²) in [6.45, 7) is 7.62. The van der Waals surface area contributed by atoms with Crippen molar-refractivity contribution in [2.75, 3.05) is 25.5 Å². The molecule has 1 saturated heterocycles. The fourth-order valence-electron chi connectivity index (χ4n) is 4.87. The number of hydrogen-bond donors (Lipinski definition) is 1. The molecule has 0 saturated carbocycles. The molecule has 1 fully saturated rings. The van der Waals surface area contributed by atoms with Crippen LogP contribution in [-0.2, 0) is 11.8 Å². The summed E-state index contributed by atoms with van der Waals surface area (Å²) in [5.74, 6) is 1.04. The minimum absolute atomic E-state index is 0.0171. The molecular formula is C28H33N5O3. The van der Waals surface area contributed by atoms with E-state index in [1.807, 2.05) is 23.4 Å². The number of methoxy groups -OCH3 is 1. The van der Waals surface area contributed by atoms with Crippen molar-refractivity contribution in [3.8, 4) is 11.8 Å². The van der Waals surface area contributed by atoms with Gasteiger partial charge in [0.15, 0.2) is 5.75 Å². The summed E-state index contributed by atoms with van der Waals surface area (Å²) in [5, 5.41) is 12.9. The molecule has 0 unspecified atom stereocenters. The van der Waals surface area contributed by atoms with Crippen LogP contribution in [0.25, 0.3) is 11.0 Å². The molecule has 0 aliphatic carbocycles. The number of nitrogens with one attached hydrogen (secondary N) is 1. The minimum atomic E-state index is -0.338. The summed E-state index contributed by atoms with van der Waals surface area (Å²) in [4.78, 5) is 32.4. The molecule has 2 aromatic heterocycles. The predicted octanol–water partition coefficient (Wildman–Crippen LogP) is 4.70. The summed E-state index contributed by atoms with van der Waals surface area (Å²) in [5.41, 5.74) is 3.17. The standard InChI is InChI=1S/C28H33N5O3/c1-17(2)18(3)28(35)33-11-9-20(10-12-33)22-16-32(4)26-24(22)25(36-5)23(15-30-26)31-27(34)21-8-6-7-19(13-21)14-29/h6-8,13,15-18,20H,9-12H2,1-5H3,(H,31,34)/t18-/m1/s1. The number of fused-ring (bicyclic) bond motifs is 1. The summed E-state index contributed by atoms with van der Waals surface area (Å²) in [6, 6.07) is 8.61. The van der Waals surface area contributed by atoms with Gasteiger partial charge in [0.05, 0.1) is 30.3 Å². The van der Waals surface area contributed by atoms with Crippen LogP contribution in [0.5, 0.6) is 5.75 Å². The van der Waals surface area contributed by atoms with Crippen molar-refractivity contribution in [3.05, 3.63) is 53.3 Å². The van der Waals surface area contributed by atoms with E-state index in [0.29, 0.717) is 28.5 Å². The fraction of sp³-hybridized carbons (Fsp3) is 0.429. The van der Waals surface area contributed by atoms with Crippen molar-refractivity contribution < 1.29 is 14.3 Å². The lowest BCUT2D eigenvalue weighted by molar-refractivity contribution is -0.137. The van der Waals surface area contributed by atoms with Gasteiger partial charge in [0.25, 0.3) is 5.91 Å². The van der Waals surface area contributed by atoms with Gasteiger partial charge in [-0.1, -0.05) is 26.8 Å². The zero-order valence-electron chi connectivity index (χ0n) is 21.5. The summed E-state index contributed by atoms with van der Waals surface area (Å²) in [7, 11) is 3.54. The predicted molar refractivity (Wildman–Crippen MR) is 139 cm³/mol. The maximum absolute atomic E-state index is 12.9. The van der Waals surface area contributed by atoms with Crippen molar-refractivity contribution in [2.24, 2.45) is 18.9 Å². The third kappa shape index (κ3) is 4.78. The third-order valence-corrected chi connectivity index (χ3v) is 7.31. The zero-order valence-corrected chi connectivity index (χ0v) is 21.5. The number of nitrogens with zero attached hydrogens (tertiary/aromatic N) is 4. The average Bonchev–Trinajstić information content (AvgIpc) is 3.24. The van der Waals surface area contributed by atoms with Gasteiger partial charge in [-0.05, 0) is 48.4 Å². The normalized spacial score (nSPS) is 15.1. The molecule has 0 bridgehead atoms. The topological polar surface area (TPSA) is 100 Å². The molecular weight excluding hydrogens is 454 g/mol. The summed E-state index contributed by atoms with van der Waals surface area (Å²) < 4.78 is 7.80. The van der Waals surface area contributed by atoms with Gasteiger partial charge in [-0.25, -0.2) is 4.98 Å². The highest BCUT2D eigenvalue weighted by atomic mass is 16.5. The molecule has 1 aliphatic heterocycles. The Morgan fingerprint density at radius 3 is 2.58 bits per heavy atom. The van der Waals surface area contributed by atoms with Crippen LogP contribution in [0.3, 0.4) is 0 Å². The van der Waals surface area contributed by atoms with Gasteiger partial charge in [0.2, 0.25) is 5.91 Å². The number of hydrogen-bond acceptors (Lipinski definition) is 5. The van der Waals surface area contributed by atoms with Crippen LogP contribution in [0.4, 0.5) is 5.69 Å². The monoisotopic (exact) mass is 487 g/mol. The number of nitriles is 1. The number of pyridine rings is 1. The van der Waals surface area contributed by atoms with Crippen molar-refractivity contribution in [1.82, 2.24) is 14.5 Å². The van der Waals surface area contributed by atoms with E-state index in [2.05, 4.69) is 36.4 Å². The quantitative estimate of drug-likeness (QED) is 0.543. The third-order valence-electron chi connectivity index (χ3n) is 7.31. The number of rotatable bonds is 6. The first kappa shape index (κ1) is 25.2. The largest absolute Gasteiger partial charge is 0.494 e. The Labute approximate surface area is 211 Å². The van der Waals surface area contributed by atoms with Gasteiger partial charge in [0.1, 0.15) is 11.3 Å². The second kappa shape index (κ2) is 10.4. The zero-order chi connectivity index (χ0) is 26.0. The molecule has 3 aromatic rings. The number of carbonyl (C=O) groups excluding carboxylic acids is 2. The highest BCUT2D eigenvalue weighted by molar-refractivity contribution is 6.07. The molecule has 1 aliphatic rings. The number of piperidine rings is 1. The van der Waals surface area contributed by atoms with Gasteiger partial charge in [0, 0.05) is 37.8 Å². The fourth-order valence-corrected chi connectivity index (χ4v) is 4.87. The minimum Gasteiger partial charge on any atom is -0.494 e. The van der Waals surface area contributed by atoms with E-state index in [4.69, 9.17) is 10.00 Å². The maximum atomic E-state index is 12.9. The Morgan fingerprint density at radius 1 is 1.22 bits per heavy atom. The van der Waals surface area contributed by atoms with Gasteiger partial charge < -0.3 is 19.5 Å². The first-order valence-electron chi connectivity index (χ1n) is 12.4. The molecule has 36 heavy (non-hydrogen) atoms. The van der Waals surface area contributed by atoms with E-state index in [1.54, 1.807) is 37.6 Å². The molecule has 1 N–H and O–H groups in total. The smallest absolute Gasteiger partial charge is 0.255 e. The van der Waals surface area contributed by atoms with Crippen LogP contribution >= 0.6 is 0 Å². The van der Waals surface area contributed by atoms with E-state index in [9.17, 15) is 9.59 Å². The second-order valence-corrected chi connectivity index (χ2v) is 9.88. The molecule has 3 heterocycles. The van der Waals surface area contributed by atoms with Crippen LogP contribution in [0.1, 0.15) is 61.0 Å². The summed E-state index contributed by atoms with van der Waals surface area (Å²) in [6.07, 6.45) is 5.40. The molecule has 1 atom stereocenters. The van der Waals surface area contributed by atoms with Gasteiger partial charge >= 0.3 is 0 Å². The van der Waals surface area contributed by atoms with Crippen LogP contribution in [0.15, 0.2) is 36.7 Å². The Kier molecular flexibility index (Phi) is 7.30. The maximum Gasteiger partial charge on any atom is 0.255 e. The van der Waals surface area contributed by atoms with Gasteiger partial charge in [-0.15, -0.1) is 0 Å². The van der Waals surface area contributed by atoms with Gasteiger partial charge in [-0.3, -0.25) is 9.59 Å². The first-order chi connectivity index (χ1) is 17.2. The first-order valence-corrected chi connectivity index (χ1v) is 12.4. The number of amides is 2. The van der Waals surface area contributed by atoms with E-state index in [-0.39, 0.29) is 23.7 Å². The molecule has 8 nitrogen and oxygen atoms in total. The van der Waals surface area contributed by atoms with E-state index < -0.39 is 0 Å². The number of benzene rings is 1. The van der Waals surface area contributed by atoms with E-state index in [0.717, 1.165) is 42.5 Å². The van der Waals surface area contributed by atoms with Gasteiger partial charge in [-0.2, -0.15) is 5.26 Å². The van der Waals surface area contributed by atoms with Crippen molar-refractivity contribution in [3.63, 3.8) is 0 Å². The second-order valence-electron chi connectivity index (χ2n) is 9.88. The Hall–Kier alpha value is -3.86. The highest BCUT2D eigenvalue weighted by Gasteiger charge is 2.30. The number of ether oxygens (including phenoxy) is 1. The van der Waals surface area contributed by atoms with Crippen LogP contribution in [-0.4, -0.2) is 46.5 Å². The lowest BCUT2D eigenvalue weighted by Crippen LogP contribution is -2.41. The molecule has 2 amide bonds. The number of carbonyl (C=O) groups is 2. The van der Waals surface area contributed by atoms with Crippen LogP contribution in [0, 0.1) is 23.2 Å². The Morgan fingerprint density at radius 2 is 1.94 bits per heavy atom. The lowest BCUT2D eigenvalue weighted by atomic mass is 9.88. The number of aryl methyl sites for hydroxylation is 1. The van der Waals surface area contributed by atoms with Crippen molar-refractivity contribution in [2.45, 2.75) is 39.5 Å². The molecule has 0 spiro atoms. The lowest BCUT2D eigenvalue weighted by Gasteiger charge is -2.34. The van der Waals surface area contributed by atoms with Crippen LogP contribution in [0.2, 0.25) is 0 Å². The number of anilines is 1. The average molecular weight is 488 g/mol. The SMILES string of the molecule is COc1c(NC(=O)c2cccc(C#N)c2)cnc2c1c(C1CCN(C(=O)[C@H](C)C(C)C)CC1)cn2C. The number of likely N-dealkylation sites (tertiary alicyclic amines) is 1. The molecule has 1 aromatic carbocycles. The highest BCUT2D eigenvalue weighted by Crippen LogP contribution is 2.41. The molecule has 188 valence electrons. The van der Waals surface area contributed by atoms with E-state index >= 15 is 0 Å². The van der Waals surface area contributed by atoms with Crippen molar-refractivity contribution in [1.29, 1.82) is 5.26 Å². The van der Waals surface area contributed by atoms with Crippen LogP contribution < -0.4 is 10.1 Å². The molecule has 4 rings (SSSR count). The Balaban J connectivity index is 1.62. The molecule has 8 heteroatoms. The van der Waals surface area contributed by atoms with Crippen molar-refractivity contribution >= 4 is 28.5 Å². The van der Waals surface area contributed by atoms with E-state index in [1.165, 1.54) is 0 Å². The Bertz CT molecular complexity index is 1330. The molecule has 0 radical (unpaired) electrons. The number of aromatic nitrogens is 2.